The second-order valence-corrected chi connectivity index (χ2v) is 3.59. The van der Waals surface area contributed by atoms with Crippen LogP contribution in [0.1, 0.15) is 12.5 Å². The molecule has 0 saturated carbocycles. The molecule has 0 aromatic heterocycles. The molecule has 1 aromatic rings. The van der Waals surface area contributed by atoms with Crippen LogP contribution < -0.4 is 0 Å². The van der Waals surface area contributed by atoms with Gasteiger partial charge in [0, 0.05) is 6.42 Å². The number of hydrogen-bond acceptors (Lipinski definition) is 1. The van der Waals surface area contributed by atoms with Crippen molar-refractivity contribution in [3.8, 4) is 0 Å². The molecule has 0 saturated heterocycles. The Kier molecular flexibility index (Phi) is 3.14. The van der Waals surface area contributed by atoms with E-state index < -0.39 is 11.6 Å². The number of Topliss-reactive ketones (excluding diaryl/α,β-unsaturated/α-hetero) is 1. The zero-order chi connectivity index (χ0) is 10.0. The summed E-state index contributed by atoms with van der Waals surface area (Å²) < 4.78 is 26.0. The van der Waals surface area contributed by atoms with Crippen LogP contribution >= 0.6 is 15.9 Å². The Balaban J connectivity index is 3.12. The fraction of sp³-hybridized carbons (Fsp3) is 0.222. The molecule has 1 rings (SSSR count). The van der Waals surface area contributed by atoms with E-state index in [0.717, 1.165) is 12.1 Å². The number of rotatable bonds is 2. The van der Waals surface area contributed by atoms with Gasteiger partial charge >= 0.3 is 0 Å². The van der Waals surface area contributed by atoms with Crippen molar-refractivity contribution in [1.82, 2.24) is 0 Å². The van der Waals surface area contributed by atoms with Crippen molar-refractivity contribution in [3.05, 3.63) is 33.8 Å². The van der Waals surface area contributed by atoms with Crippen molar-refractivity contribution in [1.29, 1.82) is 0 Å². The lowest BCUT2D eigenvalue weighted by Crippen LogP contribution is -2.00. The Morgan fingerprint density at radius 3 is 2.62 bits per heavy atom. The highest BCUT2D eigenvalue weighted by Gasteiger charge is 2.10. The fourth-order valence-corrected chi connectivity index (χ4v) is 1.48. The maximum Gasteiger partial charge on any atom is 0.141 e. The molecule has 1 nitrogen and oxygen atoms in total. The Morgan fingerprint density at radius 1 is 1.46 bits per heavy atom. The van der Waals surface area contributed by atoms with Crippen LogP contribution in [0.25, 0.3) is 0 Å². The average Bonchev–Trinajstić information content (AvgIpc) is 1.98. The Morgan fingerprint density at radius 2 is 2.08 bits per heavy atom. The molecule has 0 heterocycles. The van der Waals surface area contributed by atoms with Gasteiger partial charge in [0.15, 0.2) is 0 Å². The SMILES string of the molecule is CC(=O)Cc1cc(F)cc(Br)c1F. The molecule has 0 radical (unpaired) electrons. The van der Waals surface area contributed by atoms with Gasteiger partial charge in [-0.25, -0.2) is 8.78 Å². The molecule has 0 unspecified atom stereocenters. The molecule has 13 heavy (non-hydrogen) atoms. The lowest BCUT2D eigenvalue weighted by Gasteiger charge is -2.02. The Labute approximate surface area is 82.9 Å². The highest BCUT2D eigenvalue weighted by atomic mass is 79.9. The molecule has 1 aromatic carbocycles. The van der Waals surface area contributed by atoms with Crippen molar-refractivity contribution in [3.63, 3.8) is 0 Å². The largest absolute Gasteiger partial charge is 0.300 e. The van der Waals surface area contributed by atoms with Crippen LogP contribution in [0.5, 0.6) is 0 Å². The van der Waals surface area contributed by atoms with Crippen LogP contribution in [0, 0.1) is 11.6 Å². The van der Waals surface area contributed by atoms with Gasteiger partial charge in [-0.15, -0.1) is 0 Å². The van der Waals surface area contributed by atoms with E-state index >= 15 is 0 Å². The van der Waals surface area contributed by atoms with Crippen LogP contribution in [0.4, 0.5) is 8.78 Å². The summed E-state index contributed by atoms with van der Waals surface area (Å²) in [6, 6.07) is 2.06. The van der Waals surface area contributed by atoms with Gasteiger partial charge in [0.05, 0.1) is 4.47 Å². The van der Waals surface area contributed by atoms with E-state index in [9.17, 15) is 13.6 Å². The van der Waals surface area contributed by atoms with E-state index in [1.807, 2.05) is 0 Å². The summed E-state index contributed by atoms with van der Waals surface area (Å²) in [5.74, 6) is -1.32. The summed E-state index contributed by atoms with van der Waals surface area (Å²) >= 11 is 2.86. The number of ketones is 1. The molecule has 0 N–H and O–H groups in total. The molecule has 70 valence electrons. The summed E-state index contributed by atoms with van der Waals surface area (Å²) in [5, 5.41) is 0. The van der Waals surface area contributed by atoms with Gasteiger partial charge in [-0.05, 0) is 40.5 Å². The lowest BCUT2D eigenvalue weighted by molar-refractivity contribution is -0.116. The standard InChI is InChI=1S/C9H7BrF2O/c1-5(13)2-6-3-7(11)4-8(10)9(6)12/h3-4H,2H2,1H3. The molecular formula is C9H7BrF2O. The van der Waals surface area contributed by atoms with Gasteiger partial charge in [-0.1, -0.05) is 0 Å². The summed E-state index contributed by atoms with van der Waals surface area (Å²) in [5.41, 5.74) is 0.0828. The molecule has 0 aliphatic carbocycles. The minimum Gasteiger partial charge on any atom is -0.300 e. The van der Waals surface area contributed by atoms with E-state index in [0.29, 0.717) is 0 Å². The van der Waals surface area contributed by atoms with Crippen LogP contribution in [0.3, 0.4) is 0 Å². The van der Waals surface area contributed by atoms with Gasteiger partial charge in [0.1, 0.15) is 17.4 Å². The predicted molar refractivity (Wildman–Crippen MR) is 48.4 cm³/mol. The highest BCUT2D eigenvalue weighted by molar-refractivity contribution is 9.10. The van der Waals surface area contributed by atoms with Gasteiger partial charge in [-0.2, -0.15) is 0 Å². The number of hydrogen-bond donors (Lipinski definition) is 0. The minimum absolute atomic E-state index is 0.0451. The predicted octanol–water partition coefficient (Wildman–Crippen LogP) is 2.86. The van der Waals surface area contributed by atoms with Crippen LogP contribution in [0.15, 0.2) is 16.6 Å². The van der Waals surface area contributed by atoms with E-state index in [-0.39, 0.29) is 22.2 Å². The highest BCUT2D eigenvalue weighted by Crippen LogP contribution is 2.21. The van der Waals surface area contributed by atoms with E-state index in [1.54, 1.807) is 0 Å². The molecule has 0 atom stereocenters. The Bertz CT molecular complexity index is 350. The second kappa shape index (κ2) is 3.96. The van der Waals surface area contributed by atoms with E-state index in [1.165, 1.54) is 6.92 Å². The number of carbonyl (C=O) groups excluding carboxylic acids is 1. The third-order valence-corrected chi connectivity index (χ3v) is 2.08. The van der Waals surface area contributed by atoms with E-state index in [2.05, 4.69) is 15.9 Å². The molecule has 0 amide bonds. The smallest absolute Gasteiger partial charge is 0.141 e. The molecule has 0 aliphatic rings. The summed E-state index contributed by atoms with van der Waals surface area (Å²) in [7, 11) is 0. The first-order valence-electron chi connectivity index (χ1n) is 3.63. The number of halogens is 3. The van der Waals surface area contributed by atoms with Crippen molar-refractivity contribution >= 4 is 21.7 Å². The zero-order valence-electron chi connectivity index (χ0n) is 6.90. The van der Waals surface area contributed by atoms with Gasteiger partial charge in [0.25, 0.3) is 0 Å². The maximum atomic E-state index is 13.2. The molecule has 0 spiro atoms. The number of benzene rings is 1. The van der Waals surface area contributed by atoms with Crippen LogP contribution in [-0.2, 0) is 11.2 Å². The van der Waals surface area contributed by atoms with Crippen molar-refractivity contribution in [2.24, 2.45) is 0 Å². The molecular weight excluding hydrogens is 242 g/mol. The molecule has 0 bridgehead atoms. The average molecular weight is 249 g/mol. The minimum atomic E-state index is -0.573. The normalized spacial score (nSPS) is 10.2. The third-order valence-electron chi connectivity index (χ3n) is 1.51. The molecule has 4 heteroatoms. The van der Waals surface area contributed by atoms with Crippen molar-refractivity contribution in [2.45, 2.75) is 13.3 Å². The first kappa shape index (κ1) is 10.3. The van der Waals surface area contributed by atoms with Crippen molar-refractivity contribution in [2.75, 3.05) is 0 Å². The zero-order valence-corrected chi connectivity index (χ0v) is 8.49. The fourth-order valence-electron chi connectivity index (χ4n) is 1.01. The maximum absolute atomic E-state index is 13.2. The summed E-state index contributed by atoms with van der Waals surface area (Å²) in [6.07, 6.45) is -0.0812. The molecule has 0 aliphatic heterocycles. The number of carbonyl (C=O) groups is 1. The first-order valence-corrected chi connectivity index (χ1v) is 4.43. The summed E-state index contributed by atoms with van der Waals surface area (Å²) in [4.78, 5) is 10.7. The molecule has 0 fully saturated rings. The van der Waals surface area contributed by atoms with Crippen LogP contribution in [0.2, 0.25) is 0 Å². The second-order valence-electron chi connectivity index (χ2n) is 2.74. The van der Waals surface area contributed by atoms with Gasteiger partial charge in [0.2, 0.25) is 0 Å². The topological polar surface area (TPSA) is 17.1 Å². The summed E-state index contributed by atoms with van der Waals surface area (Å²) in [6.45, 7) is 1.33. The van der Waals surface area contributed by atoms with E-state index in [4.69, 9.17) is 0 Å². The Hall–Kier alpha value is -0.770. The third kappa shape index (κ3) is 2.59. The monoisotopic (exact) mass is 248 g/mol. The van der Waals surface area contributed by atoms with Gasteiger partial charge in [-0.3, -0.25) is 4.79 Å². The van der Waals surface area contributed by atoms with Crippen molar-refractivity contribution < 1.29 is 13.6 Å². The quantitative estimate of drug-likeness (QED) is 0.736. The van der Waals surface area contributed by atoms with Gasteiger partial charge < -0.3 is 0 Å². The lowest BCUT2D eigenvalue weighted by atomic mass is 10.1. The first-order chi connectivity index (χ1) is 6.00. The van der Waals surface area contributed by atoms with Crippen LogP contribution in [-0.4, -0.2) is 5.78 Å².